The SMILES string of the molecule is C=C[C@H]1OC(C)(C)O[C@@H]1[C@H](O)[C@H]1COC(C)(C)O1. The van der Waals surface area contributed by atoms with Crippen LogP contribution in [-0.4, -0.2) is 47.7 Å². The van der Waals surface area contributed by atoms with E-state index in [1.807, 2.05) is 27.7 Å². The molecule has 2 heterocycles. The third-order valence-electron chi connectivity index (χ3n) is 3.14. The van der Waals surface area contributed by atoms with Crippen LogP contribution in [0.5, 0.6) is 0 Å². The van der Waals surface area contributed by atoms with Gasteiger partial charge in [0.2, 0.25) is 0 Å². The first-order chi connectivity index (χ1) is 8.24. The lowest BCUT2D eigenvalue weighted by Gasteiger charge is -2.26. The number of aliphatic hydroxyl groups excluding tert-OH is 1. The Morgan fingerprint density at radius 1 is 1.17 bits per heavy atom. The molecule has 0 aromatic rings. The molecule has 0 unspecified atom stereocenters. The number of rotatable bonds is 3. The van der Waals surface area contributed by atoms with Gasteiger partial charge in [0.1, 0.15) is 24.4 Å². The molecule has 0 bridgehead atoms. The van der Waals surface area contributed by atoms with Gasteiger partial charge in [-0.05, 0) is 27.7 Å². The number of hydrogen-bond acceptors (Lipinski definition) is 5. The first-order valence-corrected chi connectivity index (χ1v) is 6.22. The van der Waals surface area contributed by atoms with E-state index >= 15 is 0 Å². The summed E-state index contributed by atoms with van der Waals surface area (Å²) in [7, 11) is 0. The Kier molecular flexibility index (Phi) is 3.55. The van der Waals surface area contributed by atoms with Crippen molar-refractivity contribution >= 4 is 0 Å². The molecule has 0 aromatic heterocycles. The Labute approximate surface area is 108 Å². The molecule has 5 heteroatoms. The Hall–Kier alpha value is -0.460. The summed E-state index contributed by atoms with van der Waals surface area (Å²) in [4.78, 5) is 0. The van der Waals surface area contributed by atoms with E-state index in [-0.39, 0.29) is 6.10 Å². The molecule has 0 amide bonds. The van der Waals surface area contributed by atoms with Gasteiger partial charge < -0.3 is 24.1 Å². The molecule has 0 saturated carbocycles. The third-order valence-corrected chi connectivity index (χ3v) is 3.14. The molecule has 104 valence electrons. The van der Waals surface area contributed by atoms with E-state index in [4.69, 9.17) is 18.9 Å². The minimum Gasteiger partial charge on any atom is -0.387 e. The van der Waals surface area contributed by atoms with E-state index in [9.17, 15) is 5.11 Å². The minimum atomic E-state index is -0.809. The van der Waals surface area contributed by atoms with Crippen molar-refractivity contribution in [2.45, 2.75) is 63.7 Å². The summed E-state index contributed by atoms with van der Waals surface area (Å²) in [5.41, 5.74) is 0. The fraction of sp³-hybridized carbons (Fsp3) is 0.846. The van der Waals surface area contributed by atoms with Gasteiger partial charge in [-0.15, -0.1) is 6.58 Å². The van der Waals surface area contributed by atoms with Gasteiger partial charge in [-0.1, -0.05) is 6.08 Å². The molecule has 2 rings (SSSR count). The van der Waals surface area contributed by atoms with Crippen LogP contribution in [-0.2, 0) is 18.9 Å². The smallest absolute Gasteiger partial charge is 0.164 e. The first-order valence-electron chi connectivity index (χ1n) is 6.22. The largest absolute Gasteiger partial charge is 0.387 e. The highest BCUT2D eigenvalue weighted by Crippen LogP contribution is 2.34. The van der Waals surface area contributed by atoms with E-state index < -0.39 is 29.9 Å². The van der Waals surface area contributed by atoms with Crippen molar-refractivity contribution in [2.75, 3.05) is 6.61 Å². The Balaban J connectivity index is 2.05. The fourth-order valence-corrected chi connectivity index (χ4v) is 2.36. The molecule has 2 aliphatic rings. The van der Waals surface area contributed by atoms with Gasteiger partial charge in [-0.25, -0.2) is 0 Å². The van der Waals surface area contributed by atoms with Gasteiger partial charge in [-0.3, -0.25) is 0 Å². The predicted molar refractivity (Wildman–Crippen MR) is 64.9 cm³/mol. The maximum Gasteiger partial charge on any atom is 0.164 e. The first kappa shape index (κ1) is 14.0. The normalized spacial score (nSPS) is 39.7. The van der Waals surface area contributed by atoms with Crippen molar-refractivity contribution in [3.8, 4) is 0 Å². The summed E-state index contributed by atoms with van der Waals surface area (Å²) in [5, 5.41) is 10.4. The average Bonchev–Trinajstić information content (AvgIpc) is 2.77. The predicted octanol–water partition coefficient (Wildman–Crippen LogP) is 1.20. The van der Waals surface area contributed by atoms with Crippen molar-refractivity contribution < 1.29 is 24.1 Å². The molecular weight excluding hydrogens is 236 g/mol. The van der Waals surface area contributed by atoms with Crippen LogP contribution in [0.4, 0.5) is 0 Å². The summed E-state index contributed by atoms with van der Waals surface area (Å²) in [6.45, 7) is 11.3. The number of hydrogen-bond donors (Lipinski definition) is 1. The average molecular weight is 258 g/mol. The standard InChI is InChI=1S/C13H22O5/c1-6-8-11(18-13(4,5)16-8)10(14)9-7-15-12(2,3)17-9/h6,8-11,14H,1,7H2,2-5H3/t8-,9-,10-,11+/m1/s1. The van der Waals surface area contributed by atoms with Crippen LogP contribution in [0.1, 0.15) is 27.7 Å². The summed E-state index contributed by atoms with van der Waals surface area (Å²) >= 11 is 0. The Morgan fingerprint density at radius 2 is 1.83 bits per heavy atom. The van der Waals surface area contributed by atoms with Gasteiger partial charge in [0.25, 0.3) is 0 Å². The lowest BCUT2D eigenvalue weighted by Crippen LogP contribution is -2.44. The Bertz CT molecular complexity index is 325. The number of aliphatic hydroxyl groups is 1. The van der Waals surface area contributed by atoms with E-state index in [1.54, 1.807) is 6.08 Å². The van der Waals surface area contributed by atoms with Crippen molar-refractivity contribution in [1.29, 1.82) is 0 Å². The van der Waals surface area contributed by atoms with Gasteiger partial charge in [0.15, 0.2) is 11.6 Å². The highest BCUT2D eigenvalue weighted by Gasteiger charge is 2.48. The Morgan fingerprint density at radius 3 is 2.33 bits per heavy atom. The minimum absolute atomic E-state index is 0.345. The zero-order valence-corrected chi connectivity index (χ0v) is 11.4. The molecule has 1 N–H and O–H groups in total. The summed E-state index contributed by atoms with van der Waals surface area (Å²) < 4.78 is 22.5. The summed E-state index contributed by atoms with van der Waals surface area (Å²) in [6.07, 6.45) is -0.410. The van der Waals surface area contributed by atoms with Crippen LogP contribution >= 0.6 is 0 Å². The molecule has 2 saturated heterocycles. The van der Waals surface area contributed by atoms with E-state index in [0.29, 0.717) is 6.61 Å². The highest BCUT2D eigenvalue weighted by molar-refractivity contribution is 4.99. The van der Waals surface area contributed by atoms with Gasteiger partial charge in [0.05, 0.1) is 6.61 Å². The lowest BCUT2D eigenvalue weighted by molar-refractivity contribution is -0.178. The molecule has 5 nitrogen and oxygen atoms in total. The molecular formula is C13H22O5. The van der Waals surface area contributed by atoms with Gasteiger partial charge >= 0.3 is 0 Å². The third kappa shape index (κ3) is 2.75. The quantitative estimate of drug-likeness (QED) is 0.771. The summed E-state index contributed by atoms with van der Waals surface area (Å²) in [6, 6.07) is 0. The van der Waals surface area contributed by atoms with Crippen LogP contribution in [0.15, 0.2) is 12.7 Å². The molecule has 0 spiro atoms. The maximum absolute atomic E-state index is 10.4. The van der Waals surface area contributed by atoms with Crippen molar-refractivity contribution in [3.63, 3.8) is 0 Å². The molecule has 4 atom stereocenters. The molecule has 2 aliphatic heterocycles. The van der Waals surface area contributed by atoms with Crippen molar-refractivity contribution in [1.82, 2.24) is 0 Å². The molecule has 0 radical (unpaired) electrons. The summed E-state index contributed by atoms with van der Waals surface area (Å²) in [5.74, 6) is -1.39. The van der Waals surface area contributed by atoms with Crippen LogP contribution in [0.3, 0.4) is 0 Å². The van der Waals surface area contributed by atoms with Crippen molar-refractivity contribution in [3.05, 3.63) is 12.7 Å². The van der Waals surface area contributed by atoms with Crippen molar-refractivity contribution in [2.24, 2.45) is 0 Å². The zero-order valence-electron chi connectivity index (χ0n) is 11.4. The van der Waals surface area contributed by atoms with Gasteiger partial charge in [-0.2, -0.15) is 0 Å². The van der Waals surface area contributed by atoms with E-state index in [1.165, 1.54) is 0 Å². The number of ether oxygens (including phenoxy) is 4. The zero-order chi connectivity index (χ0) is 13.6. The highest BCUT2D eigenvalue weighted by atomic mass is 16.8. The second-order valence-corrected chi connectivity index (χ2v) is 5.66. The van der Waals surface area contributed by atoms with Crippen LogP contribution in [0.25, 0.3) is 0 Å². The van der Waals surface area contributed by atoms with Crippen LogP contribution in [0, 0.1) is 0 Å². The second-order valence-electron chi connectivity index (χ2n) is 5.66. The maximum atomic E-state index is 10.4. The van der Waals surface area contributed by atoms with Crippen LogP contribution < -0.4 is 0 Å². The fourth-order valence-electron chi connectivity index (χ4n) is 2.36. The molecule has 18 heavy (non-hydrogen) atoms. The monoisotopic (exact) mass is 258 g/mol. The molecule has 2 fully saturated rings. The van der Waals surface area contributed by atoms with Crippen LogP contribution in [0.2, 0.25) is 0 Å². The van der Waals surface area contributed by atoms with E-state index in [2.05, 4.69) is 6.58 Å². The topological polar surface area (TPSA) is 57.2 Å². The molecule has 0 aliphatic carbocycles. The lowest BCUT2D eigenvalue weighted by atomic mass is 10.0. The molecule has 0 aromatic carbocycles. The van der Waals surface area contributed by atoms with E-state index in [0.717, 1.165) is 0 Å². The van der Waals surface area contributed by atoms with Gasteiger partial charge in [0, 0.05) is 0 Å². The second kappa shape index (κ2) is 4.58.